The van der Waals surface area contributed by atoms with Crippen LogP contribution in [0.15, 0.2) is 92.7 Å². The molecule has 0 aliphatic carbocycles. The summed E-state index contributed by atoms with van der Waals surface area (Å²) in [6.07, 6.45) is 1.58. The van der Waals surface area contributed by atoms with E-state index in [9.17, 15) is 10.1 Å². The van der Waals surface area contributed by atoms with Crippen LogP contribution < -0.4 is 0 Å². The maximum atomic E-state index is 11.2. The number of nitrogens with zero attached hydrogens (tertiary/aromatic N) is 3. The minimum absolute atomic E-state index is 0.00437. The van der Waals surface area contributed by atoms with Gasteiger partial charge in [0.15, 0.2) is 5.58 Å². The third kappa shape index (κ3) is 3.79. The molecule has 0 saturated heterocycles. The number of aromatic nitrogens is 1. The third-order valence-electron chi connectivity index (χ3n) is 4.99. The van der Waals surface area contributed by atoms with Crippen LogP contribution in [0.3, 0.4) is 0 Å². The minimum atomic E-state index is -0.425. The van der Waals surface area contributed by atoms with Crippen molar-refractivity contribution in [2.24, 2.45) is 4.99 Å². The van der Waals surface area contributed by atoms with E-state index in [2.05, 4.69) is 9.98 Å². The van der Waals surface area contributed by atoms with Gasteiger partial charge in [0, 0.05) is 11.6 Å². The van der Waals surface area contributed by atoms with Crippen molar-refractivity contribution in [3.8, 4) is 22.8 Å². The number of fused-ring (bicyclic) bond motifs is 1. The highest BCUT2D eigenvalue weighted by atomic mass is 16.6. The highest BCUT2D eigenvalue weighted by Gasteiger charge is 2.16. The van der Waals surface area contributed by atoms with Crippen molar-refractivity contribution >= 4 is 28.7 Å². The molecule has 0 N–H and O–H groups in total. The number of para-hydroxylation sites is 1. The fourth-order valence-electron chi connectivity index (χ4n) is 3.40. The second kappa shape index (κ2) is 7.96. The zero-order valence-corrected chi connectivity index (χ0v) is 17.1. The van der Waals surface area contributed by atoms with Crippen LogP contribution >= 0.6 is 0 Å². The van der Waals surface area contributed by atoms with E-state index in [0.717, 1.165) is 27.9 Å². The number of benzene rings is 3. The van der Waals surface area contributed by atoms with Crippen LogP contribution in [0.1, 0.15) is 11.3 Å². The van der Waals surface area contributed by atoms with Gasteiger partial charge in [0.2, 0.25) is 5.89 Å². The largest absolute Gasteiger partial charge is 0.455 e. The molecule has 156 valence electrons. The molecular formula is C25H17N3O4. The highest BCUT2D eigenvalue weighted by Crippen LogP contribution is 2.31. The number of furan rings is 1. The first-order chi connectivity index (χ1) is 15.6. The summed E-state index contributed by atoms with van der Waals surface area (Å²) >= 11 is 0. The van der Waals surface area contributed by atoms with Gasteiger partial charge in [-0.05, 0) is 67.1 Å². The van der Waals surface area contributed by atoms with Gasteiger partial charge in [-0.15, -0.1) is 0 Å². The first-order valence-electron chi connectivity index (χ1n) is 9.92. The van der Waals surface area contributed by atoms with Gasteiger partial charge in [0.25, 0.3) is 5.69 Å². The van der Waals surface area contributed by atoms with Crippen LogP contribution in [-0.4, -0.2) is 16.1 Å². The van der Waals surface area contributed by atoms with E-state index in [1.807, 2.05) is 49.4 Å². The Hall–Kier alpha value is -4.52. The van der Waals surface area contributed by atoms with Crippen LogP contribution in [0.5, 0.6) is 0 Å². The van der Waals surface area contributed by atoms with Gasteiger partial charge in [-0.2, -0.15) is 0 Å². The molecule has 0 amide bonds. The molecule has 5 rings (SSSR count). The summed E-state index contributed by atoms with van der Waals surface area (Å²) in [7, 11) is 0. The Bertz CT molecular complexity index is 1460. The van der Waals surface area contributed by atoms with Crippen LogP contribution in [0.4, 0.5) is 11.4 Å². The average Bonchev–Trinajstić information content (AvgIpc) is 3.45. The standard InChI is InChI=1S/C25H17N3O4/c1-16-6-12-24-21(14-16)27-25(32-24)17-7-9-18(10-8-17)26-15-19-11-13-23(31-19)20-4-2-3-5-22(20)28(29)30/h2-15H,1H3. The maximum Gasteiger partial charge on any atom is 0.280 e. The lowest BCUT2D eigenvalue weighted by molar-refractivity contribution is -0.384. The molecule has 0 aliphatic heterocycles. The SMILES string of the molecule is Cc1ccc2oc(-c3ccc(N=Cc4ccc(-c5ccccc5[N+](=O)[O-])o4)cc3)nc2c1. The van der Waals surface area contributed by atoms with Crippen molar-refractivity contribution in [2.75, 3.05) is 0 Å². The first-order valence-corrected chi connectivity index (χ1v) is 9.92. The molecule has 3 aromatic carbocycles. The Labute approximate surface area is 182 Å². The van der Waals surface area contributed by atoms with Gasteiger partial charge >= 0.3 is 0 Å². The number of aryl methyl sites for hydroxylation is 1. The highest BCUT2D eigenvalue weighted by molar-refractivity contribution is 5.81. The van der Waals surface area contributed by atoms with E-state index in [0.29, 0.717) is 23.0 Å². The van der Waals surface area contributed by atoms with Crippen molar-refractivity contribution in [3.05, 3.63) is 100 Å². The van der Waals surface area contributed by atoms with Crippen molar-refractivity contribution in [1.82, 2.24) is 4.98 Å². The topological polar surface area (TPSA) is 94.7 Å². The second-order valence-corrected chi connectivity index (χ2v) is 7.27. The zero-order valence-electron chi connectivity index (χ0n) is 17.1. The van der Waals surface area contributed by atoms with E-state index in [-0.39, 0.29) is 5.69 Å². The maximum absolute atomic E-state index is 11.2. The molecular weight excluding hydrogens is 406 g/mol. The van der Waals surface area contributed by atoms with Gasteiger partial charge in [-0.25, -0.2) is 4.98 Å². The van der Waals surface area contributed by atoms with Gasteiger partial charge in [0.1, 0.15) is 17.0 Å². The lowest BCUT2D eigenvalue weighted by Gasteiger charge is -1.98. The molecule has 0 unspecified atom stereocenters. The number of nitro groups is 1. The van der Waals surface area contributed by atoms with E-state index >= 15 is 0 Å². The van der Waals surface area contributed by atoms with Crippen LogP contribution in [-0.2, 0) is 0 Å². The molecule has 2 heterocycles. The molecule has 32 heavy (non-hydrogen) atoms. The summed E-state index contributed by atoms with van der Waals surface area (Å²) in [6.45, 7) is 2.02. The number of nitro benzene ring substituents is 1. The van der Waals surface area contributed by atoms with Crippen LogP contribution in [0, 0.1) is 17.0 Å². The Morgan fingerprint density at radius 1 is 0.969 bits per heavy atom. The molecule has 0 aliphatic rings. The summed E-state index contributed by atoms with van der Waals surface area (Å²) in [5.74, 6) is 1.47. The molecule has 0 fully saturated rings. The van der Waals surface area contributed by atoms with Crippen molar-refractivity contribution in [2.45, 2.75) is 6.92 Å². The zero-order chi connectivity index (χ0) is 22.1. The van der Waals surface area contributed by atoms with Crippen LogP contribution in [0.25, 0.3) is 33.9 Å². The summed E-state index contributed by atoms with van der Waals surface area (Å²) < 4.78 is 11.6. The Kier molecular flexibility index (Phi) is 4.84. The Morgan fingerprint density at radius 3 is 2.59 bits per heavy atom. The molecule has 7 nitrogen and oxygen atoms in total. The van der Waals surface area contributed by atoms with E-state index in [1.165, 1.54) is 6.07 Å². The predicted octanol–water partition coefficient (Wildman–Crippen LogP) is 6.72. The number of rotatable bonds is 5. The lowest BCUT2D eigenvalue weighted by atomic mass is 10.1. The van der Waals surface area contributed by atoms with E-state index in [4.69, 9.17) is 8.83 Å². The number of hydrogen-bond donors (Lipinski definition) is 0. The van der Waals surface area contributed by atoms with Crippen molar-refractivity contribution in [3.63, 3.8) is 0 Å². The number of oxazole rings is 1. The molecule has 0 atom stereocenters. The van der Waals surface area contributed by atoms with E-state index in [1.54, 1.807) is 36.5 Å². The molecule has 0 bridgehead atoms. The van der Waals surface area contributed by atoms with Gasteiger partial charge in [-0.3, -0.25) is 15.1 Å². The monoisotopic (exact) mass is 423 g/mol. The number of aliphatic imine (C=N–C) groups is 1. The van der Waals surface area contributed by atoms with Crippen molar-refractivity contribution < 1.29 is 13.8 Å². The third-order valence-corrected chi connectivity index (χ3v) is 4.99. The molecule has 2 aromatic heterocycles. The molecule has 7 heteroatoms. The van der Waals surface area contributed by atoms with Gasteiger partial charge in [-0.1, -0.05) is 18.2 Å². The average molecular weight is 423 g/mol. The lowest BCUT2D eigenvalue weighted by Crippen LogP contribution is -1.90. The molecule has 5 aromatic rings. The smallest absolute Gasteiger partial charge is 0.280 e. The fourth-order valence-corrected chi connectivity index (χ4v) is 3.40. The van der Waals surface area contributed by atoms with E-state index < -0.39 is 4.92 Å². The summed E-state index contributed by atoms with van der Waals surface area (Å²) in [6, 6.07) is 23.3. The second-order valence-electron chi connectivity index (χ2n) is 7.27. The fraction of sp³-hybridized carbons (Fsp3) is 0.0400. The Morgan fingerprint density at radius 2 is 1.78 bits per heavy atom. The first kappa shape index (κ1) is 19.4. The van der Waals surface area contributed by atoms with Gasteiger partial charge in [0.05, 0.1) is 22.4 Å². The molecule has 0 saturated carbocycles. The summed E-state index contributed by atoms with van der Waals surface area (Å²) in [4.78, 5) is 19.8. The van der Waals surface area contributed by atoms with Gasteiger partial charge < -0.3 is 8.83 Å². The normalized spacial score (nSPS) is 11.4. The summed E-state index contributed by atoms with van der Waals surface area (Å²) in [5, 5.41) is 11.2. The minimum Gasteiger partial charge on any atom is -0.455 e. The summed E-state index contributed by atoms with van der Waals surface area (Å²) in [5.41, 5.74) is 4.71. The Balaban J connectivity index is 1.35. The number of hydrogen-bond acceptors (Lipinski definition) is 6. The molecule has 0 radical (unpaired) electrons. The molecule has 0 spiro atoms. The quantitative estimate of drug-likeness (QED) is 0.178. The van der Waals surface area contributed by atoms with Crippen LogP contribution in [0.2, 0.25) is 0 Å². The van der Waals surface area contributed by atoms with Crippen molar-refractivity contribution in [1.29, 1.82) is 0 Å². The predicted molar refractivity (Wildman–Crippen MR) is 122 cm³/mol.